The molecule has 94 valence electrons. The van der Waals surface area contributed by atoms with E-state index in [1.807, 2.05) is 25.1 Å². The molecule has 0 radical (unpaired) electrons. The smallest absolute Gasteiger partial charge is 0.222 e. The van der Waals surface area contributed by atoms with E-state index in [0.29, 0.717) is 11.8 Å². The molecule has 0 saturated heterocycles. The zero-order chi connectivity index (χ0) is 13.1. The second-order valence-electron chi connectivity index (χ2n) is 4.60. The van der Waals surface area contributed by atoms with Crippen LogP contribution >= 0.6 is 15.9 Å². The van der Waals surface area contributed by atoms with Crippen LogP contribution < -0.4 is 4.74 Å². The van der Waals surface area contributed by atoms with Gasteiger partial charge >= 0.3 is 0 Å². The first-order chi connectivity index (χ1) is 8.56. The van der Waals surface area contributed by atoms with Crippen molar-refractivity contribution in [3.8, 4) is 11.6 Å². The largest absolute Gasteiger partial charge is 0.439 e. The fourth-order valence-corrected chi connectivity index (χ4v) is 2.13. The number of ether oxygens (including phenoxy) is 1. The predicted molar refractivity (Wildman–Crippen MR) is 77.3 cm³/mol. The van der Waals surface area contributed by atoms with Crippen LogP contribution in [0, 0.1) is 6.92 Å². The molecule has 0 aliphatic carbocycles. The second kappa shape index (κ2) is 5.53. The first-order valence-corrected chi connectivity index (χ1v) is 6.75. The SMILES string of the molecule is Cc1cc(Br)cnc1Oc1cccc(C(C)C)c1. The van der Waals surface area contributed by atoms with Crippen LogP contribution in [-0.4, -0.2) is 4.98 Å². The lowest BCUT2D eigenvalue weighted by molar-refractivity contribution is 0.458. The molecule has 0 fully saturated rings. The third kappa shape index (κ3) is 3.10. The van der Waals surface area contributed by atoms with Gasteiger partial charge in [0.15, 0.2) is 0 Å². The Bertz CT molecular complexity index is 552. The fourth-order valence-electron chi connectivity index (χ4n) is 1.68. The molecular weight excluding hydrogens is 290 g/mol. The quantitative estimate of drug-likeness (QED) is 0.790. The van der Waals surface area contributed by atoms with Gasteiger partial charge in [-0.05, 0) is 52.5 Å². The minimum Gasteiger partial charge on any atom is -0.439 e. The Labute approximate surface area is 116 Å². The lowest BCUT2D eigenvalue weighted by atomic mass is 10.0. The molecule has 1 aromatic heterocycles. The van der Waals surface area contributed by atoms with Crippen molar-refractivity contribution in [1.29, 1.82) is 0 Å². The standard InChI is InChI=1S/C15H16BrNO/c1-10(2)12-5-4-6-14(8-12)18-15-11(3)7-13(16)9-17-15/h4-10H,1-3H3. The molecule has 0 bridgehead atoms. The van der Waals surface area contributed by atoms with Gasteiger partial charge in [-0.25, -0.2) is 4.98 Å². The highest BCUT2D eigenvalue weighted by Crippen LogP contribution is 2.27. The topological polar surface area (TPSA) is 22.1 Å². The van der Waals surface area contributed by atoms with Crippen molar-refractivity contribution in [1.82, 2.24) is 4.98 Å². The fraction of sp³-hybridized carbons (Fsp3) is 0.267. The van der Waals surface area contributed by atoms with Crippen LogP contribution in [0.1, 0.15) is 30.9 Å². The number of nitrogens with zero attached hydrogens (tertiary/aromatic N) is 1. The highest BCUT2D eigenvalue weighted by atomic mass is 79.9. The van der Waals surface area contributed by atoms with E-state index in [1.165, 1.54) is 5.56 Å². The minimum atomic E-state index is 0.493. The van der Waals surface area contributed by atoms with Crippen molar-refractivity contribution >= 4 is 15.9 Å². The maximum atomic E-state index is 5.82. The molecule has 0 aliphatic rings. The zero-order valence-corrected chi connectivity index (χ0v) is 12.4. The van der Waals surface area contributed by atoms with Gasteiger partial charge in [0.05, 0.1) is 0 Å². The van der Waals surface area contributed by atoms with Crippen LogP contribution in [0.2, 0.25) is 0 Å². The van der Waals surface area contributed by atoms with Crippen LogP contribution in [0.4, 0.5) is 0 Å². The number of pyridine rings is 1. The maximum absolute atomic E-state index is 5.82. The van der Waals surface area contributed by atoms with Gasteiger partial charge in [-0.3, -0.25) is 0 Å². The van der Waals surface area contributed by atoms with E-state index < -0.39 is 0 Å². The summed E-state index contributed by atoms with van der Waals surface area (Å²) in [6.45, 7) is 6.32. The van der Waals surface area contributed by atoms with Gasteiger partial charge in [0, 0.05) is 16.2 Å². The molecule has 0 N–H and O–H groups in total. The summed E-state index contributed by atoms with van der Waals surface area (Å²) in [5.74, 6) is 1.98. The molecule has 1 heterocycles. The Morgan fingerprint density at radius 3 is 2.67 bits per heavy atom. The zero-order valence-electron chi connectivity index (χ0n) is 10.8. The normalized spacial score (nSPS) is 10.7. The predicted octanol–water partition coefficient (Wildman–Crippen LogP) is 5.07. The summed E-state index contributed by atoms with van der Waals surface area (Å²) in [6.07, 6.45) is 1.74. The molecule has 0 saturated carbocycles. The van der Waals surface area contributed by atoms with Crippen LogP contribution in [0.25, 0.3) is 0 Å². The van der Waals surface area contributed by atoms with E-state index in [2.05, 4.69) is 46.9 Å². The van der Waals surface area contributed by atoms with Gasteiger partial charge in [-0.15, -0.1) is 0 Å². The number of hydrogen-bond donors (Lipinski definition) is 0. The molecule has 1 aromatic carbocycles. The molecule has 0 aliphatic heterocycles. The number of rotatable bonds is 3. The van der Waals surface area contributed by atoms with Gasteiger partial charge in [0.1, 0.15) is 5.75 Å². The molecule has 3 heteroatoms. The lowest BCUT2D eigenvalue weighted by Crippen LogP contribution is -1.93. The monoisotopic (exact) mass is 305 g/mol. The molecule has 0 unspecified atom stereocenters. The first kappa shape index (κ1) is 13.1. The Kier molecular flexibility index (Phi) is 4.02. The summed E-state index contributed by atoms with van der Waals surface area (Å²) in [4.78, 5) is 4.28. The third-order valence-corrected chi connectivity index (χ3v) is 3.17. The maximum Gasteiger partial charge on any atom is 0.222 e. The summed E-state index contributed by atoms with van der Waals surface area (Å²) < 4.78 is 6.78. The molecule has 0 atom stereocenters. The van der Waals surface area contributed by atoms with Crippen LogP contribution in [0.15, 0.2) is 41.0 Å². The Hall–Kier alpha value is -1.35. The van der Waals surface area contributed by atoms with Gasteiger partial charge in [-0.1, -0.05) is 26.0 Å². The van der Waals surface area contributed by atoms with Gasteiger partial charge in [-0.2, -0.15) is 0 Å². The van der Waals surface area contributed by atoms with Crippen molar-refractivity contribution < 1.29 is 4.74 Å². The van der Waals surface area contributed by atoms with Crippen LogP contribution in [0.3, 0.4) is 0 Å². The molecule has 0 amide bonds. The molecule has 2 rings (SSSR count). The lowest BCUT2D eigenvalue weighted by Gasteiger charge is -2.10. The van der Waals surface area contributed by atoms with E-state index in [1.54, 1.807) is 6.20 Å². The molecule has 18 heavy (non-hydrogen) atoms. The average Bonchev–Trinajstić information content (AvgIpc) is 2.33. The Balaban J connectivity index is 2.25. The van der Waals surface area contributed by atoms with Crippen LogP contribution in [-0.2, 0) is 0 Å². The van der Waals surface area contributed by atoms with Crippen LogP contribution in [0.5, 0.6) is 11.6 Å². The number of halogens is 1. The van der Waals surface area contributed by atoms with Crippen molar-refractivity contribution in [2.75, 3.05) is 0 Å². The van der Waals surface area contributed by atoms with E-state index in [0.717, 1.165) is 15.8 Å². The highest BCUT2D eigenvalue weighted by molar-refractivity contribution is 9.10. The number of benzene rings is 1. The summed E-state index contributed by atoms with van der Waals surface area (Å²) in [6, 6.07) is 10.1. The molecule has 2 nitrogen and oxygen atoms in total. The van der Waals surface area contributed by atoms with Gasteiger partial charge in [0.2, 0.25) is 5.88 Å². The summed E-state index contributed by atoms with van der Waals surface area (Å²) in [7, 11) is 0. The summed E-state index contributed by atoms with van der Waals surface area (Å²) >= 11 is 3.39. The van der Waals surface area contributed by atoms with E-state index in [4.69, 9.17) is 4.74 Å². The number of hydrogen-bond acceptors (Lipinski definition) is 2. The number of aryl methyl sites for hydroxylation is 1. The van der Waals surface area contributed by atoms with Crippen molar-refractivity contribution in [2.24, 2.45) is 0 Å². The van der Waals surface area contributed by atoms with Gasteiger partial charge in [0.25, 0.3) is 0 Å². The minimum absolute atomic E-state index is 0.493. The molecule has 2 aromatic rings. The van der Waals surface area contributed by atoms with Crippen molar-refractivity contribution in [3.05, 3.63) is 52.1 Å². The van der Waals surface area contributed by atoms with Crippen molar-refractivity contribution in [2.45, 2.75) is 26.7 Å². The van der Waals surface area contributed by atoms with Crippen molar-refractivity contribution in [3.63, 3.8) is 0 Å². The third-order valence-electron chi connectivity index (χ3n) is 2.74. The summed E-state index contributed by atoms with van der Waals surface area (Å²) in [5.41, 5.74) is 2.28. The molecular formula is C15H16BrNO. The van der Waals surface area contributed by atoms with E-state index in [9.17, 15) is 0 Å². The van der Waals surface area contributed by atoms with E-state index >= 15 is 0 Å². The highest BCUT2D eigenvalue weighted by Gasteiger charge is 2.05. The number of aromatic nitrogens is 1. The van der Waals surface area contributed by atoms with Gasteiger partial charge < -0.3 is 4.74 Å². The van der Waals surface area contributed by atoms with E-state index in [-0.39, 0.29) is 0 Å². The average molecular weight is 306 g/mol. The molecule has 0 spiro atoms. The Morgan fingerprint density at radius 1 is 1.22 bits per heavy atom. The second-order valence-corrected chi connectivity index (χ2v) is 5.52. The first-order valence-electron chi connectivity index (χ1n) is 5.96. The Morgan fingerprint density at radius 2 is 2.00 bits per heavy atom. The summed E-state index contributed by atoms with van der Waals surface area (Å²) in [5, 5.41) is 0.